The summed E-state index contributed by atoms with van der Waals surface area (Å²) < 4.78 is 5.49. The van der Waals surface area contributed by atoms with Crippen LogP contribution in [0.15, 0.2) is 17.5 Å². The van der Waals surface area contributed by atoms with Gasteiger partial charge in [0.15, 0.2) is 0 Å². The highest BCUT2D eigenvalue weighted by Crippen LogP contribution is 2.44. The van der Waals surface area contributed by atoms with Crippen molar-refractivity contribution < 1.29 is 4.74 Å². The summed E-state index contributed by atoms with van der Waals surface area (Å²) >= 11 is 1.82. The zero-order chi connectivity index (χ0) is 10.8. The minimum Gasteiger partial charge on any atom is -0.376 e. The predicted octanol–water partition coefficient (Wildman–Crippen LogP) is 2.78. The van der Waals surface area contributed by atoms with Crippen LogP contribution in [-0.4, -0.2) is 32.6 Å². The lowest BCUT2D eigenvalue weighted by atomic mass is 10.2. The highest BCUT2D eigenvalue weighted by atomic mass is 32.1. The third-order valence-electron chi connectivity index (χ3n) is 2.73. The Morgan fingerprint density at radius 2 is 2.40 bits per heavy atom. The maximum absolute atomic E-state index is 5.49. The first-order chi connectivity index (χ1) is 7.22. The maximum Gasteiger partial charge on any atom is 0.0875 e. The van der Waals surface area contributed by atoms with Crippen molar-refractivity contribution >= 4 is 16.9 Å². The van der Waals surface area contributed by atoms with E-state index in [0.717, 1.165) is 13.0 Å². The van der Waals surface area contributed by atoms with Crippen LogP contribution in [0, 0.1) is 0 Å². The lowest BCUT2D eigenvalue weighted by molar-refractivity contribution is 0.112. The van der Waals surface area contributed by atoms with E-state index in [1.165, 1.54) is 16.0 Å². The smallest absolute Gasteiger partial charge is 0.0875 e. The number of rotatable bonds is 3. The molecule has 0 bridgehead atoms. The predicted molar refractivity (Wildman–Crippen MR) is 65.2 cm³/mol. The standard InChI is InChI=1S/C12H17NOS/c1-13(2)6-4-9-8-11(14-3)10-5-7-15-12(9)10/h4-5,7,11H,6,8H2,1-3H3/b9-4+. The van der Waals surface area contributed by atoms with Crippen molar-refractivity contribution in [3.63, 3.8) is 0 Å². The Labute approximate surface area is 95.2 Å². The molecule has 1 aliphatic carbocycles. The molecular weight excluding hydrogens is 206 g/mol. The fraction of sp³-hybridized carbons (Fsp3) is 0.500. The summed E-state index contributed by atoms with van der Waals surface area (Å²) in [6, 6.07) is 2.19. The second-order valence-corrected chi connectivity index (χ2v) is 5.04. The second kappa shape index (κ2) is 4.47. The minimum absolute atomic E-state index is 0.277. The van der Waals surface area contributed by atoms with Crippen LogP contribution in [0.3, 0.4) is 0 Å². The van der Waals surface area contributed by atoms with E-state index in [9.17, 15) is 0 Å². The lowest BCUT2D eigenvalue weighted by Crippen LogP contribution is -2.10. The van der Waals surface area contributed by atoms with E-state index < -0.39 is 0 Å². The van der Waals surface area contributed by atoms with E-state index in [2.05, 4.69) is 36.5 Å². The minimum atomic E-state index is 0.277. The van der Waals surface area contributed by atoms with Gasteiger partial charge in [0.05, 0.1) is 6.10 Å². The molecule has 3 heteroatoms. The zero-order valence-corrected chi connectivity index (χ0v) is 10.3. The number of hydrogen-bond acceptors (Lipinski definition) is 3. The molecule has 1 aromatic heterocycles. The van der Waals surface area contributed by atoms with Gasteiger partial charge in [-0.15, -0.1) is 11.3 Å². The van der Waals surface area contributed by atoms with Crippen LogP contribution in [0.4, 0.5) is 0 Å². The summed E-state index contributed by atoms with van der Waals surface area (Å²) in [5.74, 6) is 0. The number of nitrogens with zero attached hydrogens (tertiary/aromatic N) is 1. The number of thiophene rings is 1. The SMILES string of the molecule is COC1C/C(=C\CN(C)C)c2sccc21. The van der Waals surface area contributed by atoms with Gasteiger partial charge in [-0.25, -0.2) is 0 Å². The third kappa shape index (κ3) is 2.14. The van der Waals surface area contributed by atoms with Crippen LogP contribution in [-0.2, 0) is 4.74 Å². The quantitative estimate of drug-likeness (QED) is 0.781. The van der Waals surface area contributed by atoms with Crippen molar-refractivity contribution in [2.75, 3.05) is 27.7 Å². The molecular formula is C12H17NOS. The molecule has 2 rings (SSSR count). The van der Waals surface area contributed by atoms with Crippen molar-refractivity contribution in [2.24, 2.45) is 0 Å². The molecule has 1 unspecified atom stereocenters. The first-order valence-corrected chi connectivity index (χ1v) is 6.04. The zero-order valence-electron chi connectivity index (χ0n) is 9.49. The van der Waals surface area contributed by atoms with Crippen molar-refractivity contribution in [1.29, 1.82) is 0 Å². The molecule has 0 N–H and O–H groups in total. The number of fused-ring (bicyclic) bond motifs is 1. The van der Waals surface area contributed by atoms with Crippen LogP contribution in [0.5, 0.6) is 0 Å². The molecule has 2 nitrogen and oxygen atoms in total. The molecule has 0 aliphatic heterocycles. The summed E-state index contributed by atoms with van der Waals surface area (Å²) in [5.41, 5.74) is 2.81. The van der Waals surface area contributed by atoms with Gasteiger partial charge in [-0.2, -0.15) is 0 Å². The number of methoxy groups -OCH3 is 1. The van der Waals surface area contributed by atoms with E-state index in [0.29, 0.717) is 0 Å². The van der Waals surface area contributed by atoms with Crippen molar-refractivity contribution in [2.45, 2.75) is 12.5 Å². The summed E-state index contributed by atoms with van der Waals surface area (Å²) in [6.07, 6.45) is 3.63. The number of hydrogen-bond donors (Lipinski definition) is 0. The van der Waals surface area contributed by atoms with Gasteiger partial charge in [0, 0.05) is 25.0 Å². The van der Waals surface area contributed by atoms with Crippen molar-refractivity contribution in [3.05, 3.63) is 28.0 Å². The Morgan fingerprint density at radius 1 is 1.60 bits per heavy atom. The van der Waals surface area contributed by atoms with Crippen LogP contribution in [0.2, 0.25) is 0 Å². The Hall–Kier alpha value is -0.640. The van der Waals surface area contributed by atoms with E-state index >= 15 is 0 Å². The summed E-state index contributed by atoms with van der Waals surface area (Å²) in [4.78, 5) is 3.60. The molecule has 1 aromatic rings. The Morgan fingerprint density at radius 3 is 3.07 bits per heavy atom. The van der Waals surface area contributed by atoms with Crippen LogP contribution in [0.25, 0.3) is 5.57 Å². The average Bonchev–Trinajstić information content (AvgIpc) is 2.75. The van der Waals surface area contributed by atoms with Gasteiger partial charge in [0.25, 0.3) is 0 Å². The van der Waals surface area contributed by atoms with Gasteiger partial charge in [0.1, 0.15) is 0 Å². The molecule has 82 valence electrons. The van der Waals surface area contributed by atoms with Crippen LogP contribution < -0.4 is 0 Å². The molecule has 0 aromatic carbocycles. The van der Waals surface area contributed by atoms with E-state index in [4.69, 9.17) is 4.74 Å². The molecule has 0 fully saturated rings. The van der Waals surface area contributed by atoms with Gasteiger partial charge in [-0.3, -0.25) is 0 Å². The molecule has 0 spiro atoms. The van der Waals surface area contributed by atoms with Gasteiger partial charge in [-0.1, -0.05) is 6.08 Å². The summed E-state index contributed by atoms with van der Waals surface area (Å²) in [5, 5.41) is 2.15. The monoisotopic (exact) mass is 223 g/mol. The normalized spacial score (nSPS) is 22.7. The highest BCUT2D eigenvalue weighted by molar-refractivity contribution is 7.11. The third-order valence-corrected chi connectivity index (χ3v) is 3.73. The summed E-state index contributed by atoms with van der Waals surface area (Å²) in [6.45, 7) is 1.00. The van der Waals surface area contributed by atoms with Crippen LogP contribution >= 0.6 is 11.3 Å². The first-order valence-electron chi connectivity index (χ1n) is 5.16. The molecule has 0 amide bonds. The van der Waals surface area contributed by atoms with E-state index in [1.54, 1.807) is 7.11 Å². The second-order valence-electron chi connectivity index (χ2n) is 4.13. The van der Waals surface area contributed by atoms with Crippen molar-refractivity contribution in [1.82, 2.24) is 4.90 Å². The van der Waals surface area contributed by atoms with Gasteiger partial charge >= 0.3 is 0 Å². The molecule has 1 atom stereocenters. The Balaban J connectivity index is 2.21. The fourth-order valence-electron chi connectivity index (χ4n) is 1.92. The number of likely N-dealkylation sites (N-methyl/N-ethyl adjacent to an activating group) is 1. The topological polar surface area (TPSA) is 12.5 Å². The first kappa shape index (κ1) is 10.9. The lowest BCUT2D eigenvalue weighted by Gasteiger charge is -2.07. The summed E-state index contributed by atoms with van der Waals surface area (Å²) in [7, 11) is 5.98. The molecule has 1 heterocycles. The van der Waals surface area contributed by atoms with Crippen molar-refractivity contribution in [3.8, 4) is 0 Å². The average molecular weight is 223 g/mol. The Bertz CT molecular complexity index is 367. The van der Waals surface area contributed by atoms with Gasteiger partial charge in [-0.05, 0) is 36.7 Å². The molecule has 1 aliphatic rings. The van der Waals surface area contributed by atoms with Gasteiger partial charge in [0.2, 0.25) is 0 Å². The molecule has 15 heavy (non-hydrogen) atoms. The number of ether oxygens (including phenoxy) is 1. The molecule has 0 radical (unpaired) electrons. The van der Waals surface area contributed by atoms with Gasteiger partial charge < -0.3 is 9.64 Å². The van der Waals surface area contributed by atoms with E-state index in [1.807, 2.05) is 11.3 Å². The Kier molecular flexibility index (Phi) is 3.24. The van der Waals surface area contributed by atoms with E-state index in [-0.39, 0.29) is 6.10 Å². The highest BCUT2D eigenvalue weighted by Gasteiger charge is 2.27. The molecule has 0 saturated carbocycles. The van der Waals surface area contributed by atoms with Crippen LogP contribution in [0.1, 0.15) is 23.0 Å². The maximum atomic E-state index is 5.49. The molecule has 0 saturated heterocycles. The fourth-order valence-corrected chi connectivity index (χ4v) is 2.92. The largest absolute Gasteiger partial charge is 0.376 e.